The Bertz CT molecular complexity index is 744. The van der Waals surface area contributed by atoms with Crippen molar-refractivity contribution >= 4 is 22.9 Å². The van der Waals surface area contributed by atoms with Crippen LogP contribution in [0.25, 0.3) is 0 Å². The summed E-state index contributed by atoms with van der Waals surface area (Å²) < 4.78 is 14.7. The van der Waals surface area contributed by atoms with Crippen molar-refractivity contribution < 1.29 is 9.00 Å². The Morgan fingerprint density at radius 2 is 1.89 bits per heavy atom. The molecular weight excluding hydrogens is 372 g/mol. The van der Waals surface area contributed by atoms with Crippen LogP contribution in [0.4, 0.5) is 0 Å². The third-order valence-electron chi connectivity index (χ3n) is 5.66. The van der Waals surface area contributed by atoms with Crippen LogP contribution < -0.4 is 5.73 Å². The molecule has 28 heavy (non-hydrogen) atoms. The third kappa shape index (κ3) is 4.63. The van der Waals surface area contributed by atoms with Gasteiger partial charge in [0.15, 0.2) is 5.96 Å². The van der Waals surface area contributed by atoms with E-state index in [4.69, 9.17) is 5.73 Å². The van der Waals surface area contributed by atoms with Gasteiger partial charge in [-0.3, -0.25) is 9.69 Å². The van der Waals surface area contributed by atoms with Crippen molar-refractivity contribution in [3.8, 4) is 0 Å². The monoisotopic (exact) mass is 404 g/mol. The molecule has 154 valence electrons. The molecule has 0 saturated carbocycles. The molecule has 1 aromatic carbocycles. The molecule has 0 spiro atoms. The maximum atomic E-state index is 12.8. The summed E-state index contributed by atoms with van der Waals surface area (Å²) in [5.74, 6) is 1.29. The fourth-order valence-electron chi connectivity index (χ4n) is 4.26. The summed E-state index contributed by atoms with van der Waals surface area (Å²) in [6.45, 7) is 8.33. The number of carbonyl (C=O) groups is 1. The molecule has 2 aliphatic heterocycles. The number of hydrogen-bond acceptors (Lipinski definition) is 4. The number of hydrogen-bond donors (Lipinski definition) is 1. The quantitative estimate of drug-likeness (QED) is 0.759. The fourth-order valence-corrected chi connectivity index (χ4v) is 5.49. The Labute approximate surface area is 170 Å². The molecule has 0 radical (unpaired) electrons. The van der Waals surface area contributed by atoms with Gasteiger partial charge >= 0.3 is 0 Å². The zero-order valence-electron chi connectivity index (χ0n) is 17.1. The molecule has 2 atom stereocenters. The summed E-state index contributed by atoms with van der Waals surface area (Å²) in [5, 5.41) is 0. The molecule has 0 bridgehead atoms. The van der Waals surface area contributed by atoms with Crippen LogP contribution >= 0.6 is 0 Å². The summed E-state index contributed by atoms with van der Waals surface area (Å²) in [5.41, 5.74) is 5.36. The molecule has 3 rings (SSSR count). The average molecular weight is 405 g/mol. The standard InChI is InChI=1S/C21H32N4O2S/c1-16(2)15-21(3)19(26)25(20(22)23-21)14-11-17-9-12-24(13-10-17)28(27)18-7-5-4-6-8-18/h4-8,16-17H,9-15H2,1-3H3,(H2,22,23). The molecule has 2 aliphatic rings. The lowest BCUT2D eigenvalue weighted by Crippen LogP contribution is -2.44. The SMILES string of the molecule is CC(C)CC1(C)N=C(N)N(CCC2CCN(S(=O)c3ccccc3)CC2)C1=O. The van der Waals surface area contributed by atoms with Gasteiger partial charge in [-0.05, 0) is 56.6 Å². The van der Waals surface area contributed by atoms with Gasteiger partial charge in [-0.15, -0.1) is 0 Å². The molecule has 7 heteroatoms. The van der Waals surface area contributed by atoms with Crippen molar-refractivity contribution in [1.82, 2.24) is 9.21 Å². The van der Waals surface area contributed by atoms with Gasteiger partial charge in [0.05, 0.1) is 4.90 Å². The molecule has 2 N–H and O–H groups in total. The highest BCUT2D eigenvalue weighted by molar-refractivity contribution is 7.82. The lowest BCUT2D eigenvalue weighted by molar-refractivity contribution is -0.131. The smallest absolute Gasteiger partial charge is 0.257 e. The minimum atomic E-state index is -1.09. The number of nitrogens with zero attached hydrogens (tertiary/aromatic N) is 3. The van der Waals surface area contributed by atoms with E-state index in [1.165, 1.54) is 0 Å². The minimum Gasteiger partial charge on any atom is -0.369 e. The van der Waals surface area contributed by atoms with E-state index in [-0.39, 0.29) is 5.91 Å². The fraction of sp³-hybridized carbons (Fsp3) is 0.619. The molecule has 0 aromatic heterocycles. The zero-order valence-corrected chi connectivity index (χ0v) is 18.0. The molecule has 1 saturated heterocycles. The van der Waals surface area contributed by atoms with Crippen molar-refractivity contribution in [3.05, 3.63) is 30.3 Å². The second-order valence-corrected chi connectivity index (χ2v) is 10.0. The van der Waals surface area contributed by atoms with Gasteiger partial charge in [0.1, 0.15) is 16.5 Å². The van der Waals surface area contributed by atoms with Gasteiger partial charge < -0.3 is 5.73 Å². The second-order valence-electron chi connectivity index (χ2n) is 8.52. The summed E-state index contributed by atoms with van der Waals surface area (Å²) in [6.07, 6.45) is 3.60. The van der Waals surface area contributed by atoms with Gasteiger partial charge in [-0.2, -0.15) is 0 Å². The molecular formula is C21H32N4O2S. The Balaban J connectivity index is 1.49. The number of aliphatic imine (C=N–C) groups is 1. The number of carbonyl (C=O) groups excluding carboxylic acids is 1. The van der Waals surface area contributed by atoms with Crippen molar-refractivity contribution in [2.24, 2.45) is 22.6 Å². The lowest BCUT2D eigenvalue weighted by Gasteiger charge is -2.32. The maximum Gasteiger partial charge on any atom is 0.257 e. The Morgan fingerprint density at radius 3 is 2.50 bits per heavy atom. The molecule has 1 amide bonds. The number of guanidine groups is 1. The summed E-state index contributed by atoms with van der Waals surface area (Å²) >= 11 is 0. The van der Waals surface area contributed by atoms with E-state index in [0.717, 1.165) is 37.2 Å². The third-order valence-corrected chi connectivity index (χ3v) is 7.17. The molecule has 0 aliphatic carbocycles. The first kappa shape index (κ1) is 21.0. The topological polar surface area (TPSA) is 79.0 Å². The first-order valence-corrected chi connectivity index (χ1v) is 11.3. The van der Waals surface area contributed by atoms with Crippen LogP contribution in [0, 0.1) is 11.8 Å². The second kappa shape index (κ2) is 8.74. The van der Waals surface area contributed by atoms with Gasteiger partial charge in [-0.25, -0.2) is 13.5 Å². The molecule has 2 unspecified atom stereocenters. The number of piperidine rings is 1. The van der Waals surface area contributed by atoms with Gasteiger partial charge in [0.25, 0.3) is 5.91 Å². The van der Waals surface area contributed by atoms with Crippen LogP contribution in [0.5, 0.6) is 0 Å². The normalized spacial score (nSPS) is 25.4. The molecule has 1 fully saturated rings. The number of amides is 1. The molecule has 1 aromatic rings. The van der Waals surface area contributed by atoms with Crippen LogP contribution in [0.3, 0.4) is 0 Å². The largest absolute Gasteiger partial charge is 0.369 e. The number of rotatable bonds is 7. The van der Waals surface area contributed by atoms with Crippen molar-refractivity contribution in [3.63, 3.8) is 0 Å². The van der Waals surface area contributed by atoms with E-state index in [2.05, 4.69) is 18.8 Å². The van der Waals surface area contributed by atoms with E-state index >= 15 is 0 Å². The van der Waals surface area contributed by atoms with Crippen molar-refractivity contribution in [2.75, 3.05) is 19.6 Å². The van der Waals surface area contributed by atoms with E-state index in [0.29, 0.717) is 30.8 Å². The van der Waals surface area contributed by atoms with E-state index < -0.39 is 16.5 Å². The first-order valence-electron chi connectivity index (χ1n) is 10.2. The maximum absolute atomic E-state index is 12.8. The highest BCUT2D eigenvalue weighted by atomic mass is 32.2. The Morgan fingerprint density at radius 1 is 1.25 bits per heavy atom. The van der Waals surface area contributed by atoms with Gasteiger partial charge in [-0.1, -0.05) is 32.0 Å². The van der Waals surface area contributed by atoms with Gasteiger partial charge in [0, 0.05) is 19.6 Å². The zero-order chi connectivity index (χ0) is 20.3. The Kier molecular flexibility index (Phi) is 6.55. The highest BCUT2D eigenvalue weighted by Gasteiger charge is 2.44. The highest BCUT2D eigenvalue weighted by Crippen LogP contribution is 2.30. The lowest BCUT2D eigenvalue weighted by atomic mass is 9.90. The minimum absolute atomic E-state index is 0.0290. The van der Waals surface area contributed by atoms with E-state index in [9.17, 15) is 9.00 Å². The summed E-state index contributed by atoms with van der Waals surface area (Å²) in [4.78, 5) is 19.8. The molecule has 2 heterocycles. The number of benzene rings is 1. The van der Waals surface area contributed by atoms with Crippen LogP contribution in [0.15, 0.2) is 40.2 Å². The average Bonchev–Trinajstić information content (AvgIpc) is 2.88. The van der Waals surface area contributed by atoms with Crippen LogP contribution in [-0.2, 0) is 15.8 Å². The van der Waals surface area contributed by atoms with Crippen molar-refractivity contribution in [1.29, 1.82) is 0 Å². The summed E-state index contributed by atoms with van der Waals surface area (Å²) in [6, 6.07) is 9.61. The van der Waals surface area contributed by atoms with E-state index in [1.54, 1.807) is 4.90 Å². The summed E-state index contributed by atoms with van der Waals surface area (Å²) in [7, 11) is -1.09. The predicted molar refractivity (Wildman–Crippen MR) is 113 cm³/mol. The Hall–Kier alpha value is -1.73. The van der Waals surface area contributed by atoms with Crippen LogP contribution in [0.1, 0.15) is 46.5 Å². The van der Waals surface area contributed by atoms with Crippen molar-refractivity contribution in [2.45, 2.75) is 56.9 Å². The van der Waals surface area contributed by atoms with Gasteiger partial charge in [0.2, 0.25) is 0 Å². The van der Waals surface area contributed by atoms with Crippen LogP contribution in [0.2, 0.25) is 0 Å². The van der Waals surface area contributed by atoms with Crippen LogP contribution in [-0.4, -0.2) is 50.5 Å². The van der Waals surface area contributed by atoms with E-state index in [1.807, 2.05) is 41.6 Å². The predicted octanol–water partition coefficient (Wildman–Crippen LogP) is 2.77. The number of nitrogens with two attached hydrogens (primary N) is 1. The molecule has 6 nitrogen and oxygen atoms in total. The first-order chi connectivity index (χ1) is 13.3.